The minimum Gasteiger partial charge on any atom is -0.312 e. The van der Waals surface area contributed by atoms with E-state index in [1.165, 1.54) is 17.4 Å². The fraction of sp³-hybridized carbons (Fsp3) is 0.190. The second kappa shape index (κ2) is 8.08. The monoisotopic (exact) mass is 413 g/mol. The molecule has 5 nitrogen and oxygen atoms in total. The molecule has 1 fully saturated rings. The Morgan fingerprint density at radius 2 is 1.93 bits per heavy atom. The number of halogens is 2. The van der Waals surface area contributed by atoms with Crippen molar-refractivity contribution < 1.29 is 18.4 Å². The van der Waals surface area contributed by atoms with E-state index in [2.05, 4.69) is 10.3 Å². The van der Waals surface area contributed by atoms with E-state index in [9.17, 15) is 18.4 Å². The van der Waals surface area contributed by atoms with Crippen molar-refractivity contribution >= 4 is 34.0 Å². The molecule has 0 saturated carbocycles. The lowest BCUT2D eigenvalue weighted by atomic mass is 10.1. The van der Waals surface area contributed by atoms with Crippen LogP contribution in [-0.2, 0) is 16.0 Å². The second-order valence-corrected chi connectivity index (χ2v) is 7.57. The van der Waals surface area contributed by atoms with Crippen LogP contribution in [0.5, 0.6) is 0 Å². The number of anilines is 2. The van der Waals surface area contributed by atoms with E-state index in [0.717, 1.165) is 36.3 Å². The highest BCUT2D eigenvalue weighted by Gasteiger charge is 2.21. The molecule has 1 aromatic heterocycles. The molecule has 1 N–H and O–H groups in total. The first kappa shape index (κ1) is 19.2. The van der Waals surface area contributed by atoms with Crippen molar-refractivity contribution in [1.29, 1.82) is 0 Å². The van der Waals surface area contributed by atoms with Crippen LogP contribution in [0.15, 0.2) is 47.8 Å². The van der Waals surface area contributed by atoms with Crippen molar-refractivity contribution in [2.75, 3.05) is 16.8 Å². The van der Waals surface area contributed by atoms with Gasteiger partial charge in [0.05, 0.1) is 12.1 Å². The second-order valence-electron chi connectivity index (χ2n) is 6.71. The van der Waals surface area contributed by atoms with Crippen molar-refractivity contribution in [3.63, 3.8) is 0 Å². The van der Waals surface area contributed by atoms with Gasteiger partial charge in [-0.3, -0.25) is 9.59 Å². The quantitative estimate of drug-likeness (QED) is 0.675. The Kier molecular flexibility index (Phi) is 5.35. The summed E-state index contributed by atoms with van der Waals surface area (Å²) in [5, 5.41) is 4.77. The zero-order valence-electron chi connectivity index (χ0n) is 15.3. The molecular weight excluding hydrogens is 396 g/mol. The van der Waals surface area contributed by atoms with E-state index in [1.807, 2.05) is 24.3 Å². The Bertz CT molecular complexity index is 1070. The standard InChI is InChI=1S/C21H17F2N3O2S/c22-16-8-5-14(11-17(16)23)18-12-29-21(24-18)25-19(27)10-13-3-6-15(7-4-13)26-9-1-2-20(26)28/h3-8,11-12H,1-2,9-10H2,(H,24,25,27). The number of amides is 2. The fourth-order valence-electron chi connectivity index (χ4n) is 3.18. The summed E-state index contributed by atoms with van der Waals surface area (Å²) in [4.78, 5) is 30.1. The van der Waals surface area contributed by atoms with E-state index < -0.39 is 11.6 Å². The Balaban J connectivity index is 1.38. The lowest BCUT2D eigenvalue weighted by Gasteiger charge is -2.15. The van der Waals surface area contributed by atoms with E-state index in [0.29, 0.717) is 22.8 Å². The van der Waals surface area contributed by atoms with Crippen LogP contribution in [0, 0.1) is 11.6 Å². The Labute approximate surface area is 170 Å². The topological polar surface area (TPSA) is 62.3 Å². The fourth-order valence-corrected chi connectivity index (χ4v) is 3.92. The number of benzene rings is 2. The van der Waals surface area contributed by atoms with Gasteiger partial charge < -0.3 is 10.2 Å². The zero-order valence-corrected chi connectivity index (χ0v) is 16.1. The van der Waals surface area contributed by atoms with Crippen LogP contribution < -0.4 is 10.2 Å². The number of rotatable bonds is 5. The predicted octanol–water partition coefficient (Wildman–Crippen LogP) is 4.40. The Hall–Kier alpha value is -3.13. The molecule has 0 radical (unpaired) electrons. The SMILES string of the molecule is O=C(Cc1ccc(N2CCCC2=O)cc1)Nc1nc(-c2ccc(F)c(F)c2)cs1. The summed E-state index contributed by atoms with van der Waals surface area (Å²) in [6.07, 6.45) is 1.60. The maximum absolute atomic E-state index is 13.4. The smallest absolute Gasteiger partial charge is 0.230 e. The van der Waals surface area contributed by atoms with Gasteiger partial charge >= 0.3 is 0 Å². The van der Waals surface area contributed by atoms with Crippen molar-refractivity contribution in [3.05, 3.63) is 65.0 Å². The van der Waals surface area contributed by atoms with Crippen molar-refractivity contribution in [2.24, 2.45) is 0 Å². The molecular formula is C21H17F2N3O2S. The highest BCUT2D eigenvalue weighted by Crippen LogP contribution is 2.26. The first-order chi connectivity index (χ1) is 14.0. The number of carbonyl (C=O) groups is 2. The molecule has 4 rings (SSSR count). The number of nitrogens with one attached hydrogen (secondary N) is 1. The zero-order chi connectivity index (χ0) is 20.4. The molecule has 148 valence electrons. The third kappa shape index (κ3) is 4.32. The van der Waals surface area contributed by atoms with Crippen molar-refractivity contribution in [3.8, 4) is 11.3 Å². The van der Waals surface area contributed by atoms with Gasteiger partial charge in [-0.2, -0.15) is 0 Å². The lowest BCUT2D eigenvalue weighted by Crippen LogP contribution is -2.23. The molecule has 0 aliphatic carbocycles. The van der Waals surface area contributed by atoms with Gasteiger partial charge in [-0.25, -0.2) is 13.8 Å². The molecule has 8 heteroatoms. The number of aromatic nitrogens is 1. The first-order valence-corrected chi connectivity index (χ1v) is 9.98. The van der Waals surface area contributed by atoms with Crippen LogP contribution >= 0.6 is 11.3 Å². The molecule has 0 atom stereocenters. The van der Waals surface area contributed by atoms with Gasteiger partial charge in [0, 0.05) is 29.6 Å². The largest absolute Gasteiger partial charge is 0.312 e. The highest BCUT2D eigenvalue weighted by molar-refractivity contribution is 7.14. The number of carbonyl (C=O) groups excluding carboxylic acids is 2. The number of thiazole rings is 1. The molecule has 1 aliphatic rings. The maximum atomic E-state index is 13.4. The first-order valence-electron chi connectivity index (χ1n) is 9.10. The van der Waals surface area contributed by atoms with Crippen LogP contribution in [0.3, 0.4) is 0 Å². The average Bonchev–Trinajstić information content (AvgIpc) is 3.34. The van der Waals surface area contributed by atoms with Crippen LogP contribution in [0.2, 0.25) is 0 Å². The average molecular weight is 413 g/mol. The molecule has 2 heterocycles. The van der Waals surface area contributed by atoms with Crippen LogP contribution in [0.1, 0.15) is 18.4 Å². The predicted molar refractivity (Wildman–Crippen MR) is 108 cm³/mol. The molecule has 3 aromatic rings. The van der Waals surface area contributed by atoms with Gasteiger partial charge in [0.2, 0.25) is 11.8 Å². The normalized spacial score (nSPS) is 13.7. The van der Waals surface area contributed by atoms with E-state index in [-0.39, 0.29) is 18.2 Å². The molecule has 0 bridgehead atoms. The molecule has 0 spiro atoms. The third-order valence-electron chi connectivity index (χ3n) is 4.65. The van der Waals surface area contributed by atoms with Crippen LogP contribution in [0.25, 0.3) is 11.3 Å². The summed E-state index contributed by atoms with van der Waals surface area (Å²) in [6.45, 7) is 0.725. The van der Waals surface area contributed by atoms with Gasteiger partial charge in [0.1, 0.15) is 0 Å². The van der Waals surface area contributed by atoms with Crippen molar-refractivity contribution in [1.82, 2.24) is 4.98 Å². The summed E-state index contributed by atoms with van der Waals surface area (Å²) in [5.41, 5.74) is 2.56. The summed E-state index contributed by atoms with van der Waals surface area (Å²) < 4.78 is 26.4. The maximum Gasteiger partial charge on any atom is 0.230 e. The molecule has 2 aromatic carbocycles. The third-order valence-corrected chi connectivity index (χ3v) is 5.41. The summed E-state index contributed by atoms with van der Waals surface area (Å²) >= 11 is 1.21. The van der Waals surface area contributed by atoms with Gasteiger partial charge in [-0.05, 0) is 42.3 Å². The molecule has 2 amide bonds. The minimum absolute atomic E-state index is 0.121. The van der Waals surface area contributed by atoms with E-state index in [4.69, 9.17) is 0 Å². The van der Waals surface area contributed by atoms with Gasteiger partial charge in [-0.15, -0.1) is 11.3 Å². The molecule has 1 saturated heterocycles. The van der Waals surface area contributed by atoms with Gasteiger partial charge in [-0.1, -0.05) is 12.1 Å². The Morgan fingerprint density at radius 1 is 1.14 bits per heavy atom. The Morgan fingerprint density at radius 3 is 2.62 bits per heavy atom. The highest BCUT2D eigenvalue weighted by atomic mass is 32.1. The molecule has 29 heavy (non-hydrogen) atoms. The van der Waals surface area contributed by atoms with Gasteiger partial charge in [0.25, 0.3) is 0 Å². The van der Waals surface area contributed by atoms with Gasteiger partial charge in [0.15, 0.2) is 16.8 Å². The number of nitrogens with zero attached hydrogens (tertiary/aromatic N) is 2. The van der Waals surface area contributed by atoms with E-state index >= 15 is 0 Å². The number of hydrogen-bond donors (Lipinski definition) is 1. The minimum atomic E-state index is -0.944. The van der Waals surface area contributed by atoms with E-state index in [1.54, 1.807) is 10.3 Å². The van der Waals surface area contributed by atoms with Crippen LogP contribution in [-0.4, -0.2) is 23.3 Å². The number of hydrogen-bond acceptors (Lipinski definition) is 4. The molecule has 0 unspecified atom stereocenters. The summed E-state index contributed by atoms with van der Waals surface area (Å²) in [6, 6.07) is 10.9. The lowest BCUT2D eigenvalue weighted by molar-refractivity contribution is -0.117. The summed E-state index contributed by atoms with van der Waals surface area (Å²) in [5.74, 6) is -1.98. The van der Waals surface area contributed by atoms with Crippen molar-refractivity contribution in [2.45, 2.75) is 19.3 Å². The van der Waals surface area contributed by atoms with Crippen LogP contribution in [0.4, 0.5) is 19.6 Å². The summed E-state index contributed by atoms with van der Waals surface area (Å²) in [7, 11) is 0. The molecule has 1 aliphatic heterocycles.